The van der Waals surface area contributed by atoms with Gasteiger partial charge in [-0.1, -0.05) is 0 Å². The summed E-state index contributed by atoms with van der Waals surface area (Å²) in [6.07, 6.45) is 5.16. The summed E-state index contributed by atoms with van der Waals surface area (Å²) in [6.45, 7) is 4.77. The summed E-state index contributed by atoms with van der Waals surface area (Å²) in [5.74, 6) is 2.42. The Morgan fingerprint density at radius 1 is 1.36 bits per heavy atom. The normalized spacial score (nSPS) is 15.0. The molecule has 4 rings (SSSR count). The number of aryl methyl sites for hydroxylation is 1. The second-order valence-electron chi connectivity index (χ2n) is 5.56. The lowest BCUT2D eigenvalue weighted by Gasteiger charge is -2.39. The smallest absolute Gasteiger partial charge is 0.150 e. The molecule has 0 aliphatic carbocycles. The fourth-order valence-corrected chi connectivity index (χ4v) is 3.70. The van der Waals surface area contributed by atoms with Crippen LogP contribution in [0.15, 0.2) is 36.2 Å². The first-order valence-electron chi connectivity index (χ1n) is 7.28. The molecule has 1 aliphatic heterocycles. The number of ether oxygens (including phenoxy) is 1. The molecule has 0 N–H and O–H groups in total. The zero-order valence-electron chi connectivity index (χ0n) is 12.3. The molecular formula is C16H16N4OS. The van der Waals surface area contributed by atoms with Gasteiger partial charge in [0.1, 0.15) is 17.9 Å². The van der Waals surface area contributed by atoms with Gasteiger partial charge in [0.2, 0.25) is 0 Å². The molecule has 1 saturated heterocycles. The van der Waals surface area contributed by atoms with Crippen LogP contribution in [0.1, 0.15) is 5.56 Å². The molecule has 6 heteroatoms. The van der Waals surface area contributed by atoms with E-state index < -0.39 is 0 Å². The van der Waals surface area contributed by atoms with E-state index in [0.29, 0.717) is 5.92 Å². The SMILES string of the molecule is Cc1csc2c(N3CC(COc4cccnc4)C3)ncnc12. The van der Waals surface area contributed by atoms with Crippen molar-refractivity contribution in [3.63, 3.8) is 0 Å². The Balaban J connectivity index is 1.40. The van der Waals surface area contributed by atoms with Crippen molar-refractivity contribution in [3.8, 4) is 5.75 Å². The quantitative estimate of drug-likeness (QED) is 0.741. The molecule has 3 aromatic heterocycles. The molecule has 0 radical (unpaired) electrons. The van der Waals surface area contributed by atoms with Gasteiger partial charge in [0, 0.05) is 25.2 Å². The molecule has 1 aliphatic rings. The van der Waals surface area contributed by atoms with Crippen molar-refractivity contribution in [2.24, 2.45) is 5.92 Å². The summed E-state index contributed by atoms with van der Waals surface area (Å²) in [5, 5.41) is 2.14. The number of hydrogen-bond acceptors (Lipinski definition) is 6. The Morgan fingerprint density at radius 2 is 2.27 bits per heavy atom. The maximum atomic E-state index is 5.77. The first-order valence-corrected chi connectivity index (χ1v) is 8.16. The summed E-state index contributed by atoms with van der Waals surface area (Å²) in [4.78, 5) is 15.2. The minimum Gasteiger partial charge on any atom is -0.492 e. The molecule has 0 saturated carbocycles. The van der Waals surface area contributed by atoms with Crippen LogP contribution in [0.4, 0.5) is 5.82 Å². The van der Waals surface area contributed by atoms with Crippen molar-refractivity contribution in [2.45, 2.75) is 6.92 Å². The average Bonchev–Trinajstić information content (AvgIpc) is 2.89. The second-order valence-corrected chi connectivity index (χ2v) is 6.44. The van der Waals surface area contributed by atoms with Crippen molar-refractivity contribution in [1.82, 2.24) is 15.0 Å². The van der Waals surface area contributed by atoms with E-state index in [1.807, 2.05) is 12.1 Å². The number of anilines is 1. The standard InChI is InChI=1S/C16H16N4OS/c1-11-9-22-15-14(11)18-10-19-16(15)20-6-12(7-20)8-21-13-3-2-4-17-5-13/h2-5,9-10,12H,6-8H2,1H3. The van der Waals surface area contributed by atoms with E-state index in [1.54, 1.807) is 30.1 Å². The molecule has 22 heavy (non-hydrogen) atoms. The lowest BCUT2D eigenvalue weighted by Crippen LogP contribution is -2.49. The number of rotatable bonds is 4. The van der Waals surface area contributed by atoms with E-state index in [1.165, 1.54) is 10.3 Å². The van der Waals surface area contributed by atoms with Gasteiger partial charge in [0.05, 0.1) is 23.0 Å². The van der Waals surface area contributed by atoms with Crippen molar-refractivity contribution in [2.75, 3.05) is 24.6 Å². The average molecular weight is 312 g/mol. The molecule has 0 atom stereocenters. The lowest BCUT2D eigenvalue weighted by atomic mass is 10.0. The third-order valence-electron chi connectivity index (χ3n) is 3.89. The first kappa shape index (κ1) is 13.5. The maximum absolute atomic E-state index is 5.77. The van der Waals surface area contributed by atoms with Gasteiger partial charge >= 0.3 is 0 Å². The van der Waals surface area contributed by atoms with Crippen LogP contribution in [0, 0.1) is 12.8 Å². The Bertz CT molecular complexity index is 783. The van der Waals surface area contributed by atoms with Gasteiger partial charge in [-0.2, -0.15) is 0 Å². The molecule has 0 bridgehead atoms. The largest absolute Gasteiger partial charge is 0.492 e. The molecular weight excluding hydrogens is 296 g/mol. The van der Waals surface area contributed by atoms with Crippen LogP contribution in [0.2, 0.25) is 0 Å². The Hall–Kier alpha value is -2.21. The summed E-state index contributed by atoms with van der Waals surface area (Å²) in [7, 11) is 0. The van der Waals surface area contributed by atoms with E-state index in [-0.39, 0.29) is 0 Å². The van der Waals surface area contributed by atoms with Gasteiger partial charge in [-0.05, 0) is 30.0 Å². The molecule has 112 valence electrons. The topological polar surface area (TPSA) is 51.1 Å². The van der Waals surface area contributed by atoms with Crippen molar-refractivity contribution < 1.29 is 4.74 Å². The number of thiophene rings is 1. The van der Waals surface area contributed by atoms with Crippen molar-refractivity contribution >= 4 is 27.4 Å². The molecule has 0 unspecified atom stereocenters. The van der Waals surface area contributed by atoms with Crippen LogP contribution in [0.5, 0.6) is 5.75 Å². The summed E-state index contributed by atoms with van der Waals surface area (Å²) >= 11 is 1.72. The predicted octanol–water partition coefficient (Wildman–Crippen LogP) is 2.91. The highest BCUT2D eigenvalue weighted by molar-refractivity contribution is 7.18. The van der Waals surface area contributed by atoms with Crippen LogP contribution in [-0.4, -0.2) is 34.6 Å². The van der Waals surface area contributed by atoms with Crippen molar-refractivity contribution in [3.05, 3.63) is 41.8 Å². The highest BCUT2D eigenvalue weighted by Crippen LogP contribution is 2.34. The predicted molar refractivity (Wildman–Crippen MR) is 87.6 cm³/mol. The van der Waals surface area contributed by atoms with Crippen LogP contribution in [-0.2, 0) is 0 Å². The first-order chi connectivity index (χ1) is 10.8. The number of fused-ring (bicyclic) bond motifs is 1. The van der Waals surface area contributed by atoms with Gasteiger partial charge in [-0.25, -0.2) is 9.97 Å². The summed E-state index contributed by atoms with van der Waals surface area (Å²) < 4.78 is 6.95. The van der Waals surface area contributed by atoms with Gasteiger partial charge in [0.15, 0.2) is 0 Å². The lowest BCUT2D eigenvalue weighted by molar-refractivity contribution is 0.220. The Kier molecular flexibility index (Phi) is 3.38. The molecule has 0 aromatic carbocycles. The van der Waals surface area contributed by atoms with Crippen LogP contribution in [0.25, 0.3) is 10.2 Å². The fraction of sp³-hybridized carbons (Fsp3) is 0.312. The third-order valence-corrected chi connectivity index (χ3v) is 4.97. The zero-order chi connectivity index (χ0) is 14.9. The fourth-order valence-electron chi connectivity index (χ4n) is 2.68. The van der Waals surface area contributed by atoms with Crippen LogP contribution >= 0.6 is 11.3 Å². The molecule has 0 spiro atoms. The van der Waals surface area contributed by atoms with Crippen LogP contribution < -0.4 is 9.64 Å². The molecule has 4 heterocycles. The number of aromatic nitrogens is 3. The monoisotopic (exact) mass is 312 g/mol. The Labute approximate surface area is 132 Å². The van der Waals surface area contributed by atoms with Gasteiger partial charge in [-0.15, -0.1) is 11.3 Å². The summed E-state index contributed by atoms with van der Waals surface area (Å²) in [6, 6.07) is 3.82. The van der Waals surface area contributed by atoms with Crippen molar-refractivity contribution in [1.29, 1.82) is 0 Å². The molecule has 5 nitrogen and oxygen atoms in total. The second kappa shape index (κ2) is 5.53. The van der Waals surface area contributed by atoms with E-state index >= 15 is 0 Å². The highest BCUT2D eigenvalue weighted by atomic mass is 32.1. The zero-order valence-corrected chi connectivity index (χ0v) is 13.1. The van der Waals surface area contributed by atoms with E-state index in [2.05, 4.69) is 32.2 Å². The number of pyridine rings is 1. The molecule has 0 amide bonds. The third kappa shape index (κ3) is 2.39. The minimum atomic E-state index is 0.534. The number of hydrogen-bond donors (Lipinski definition) is 0. The van der Waals surface area contributed by atoms with E-state index in [9.17, 15) is 0 Å². The van der Waals surface area contributed by atoms with Gasteiger partial charge < -0.3 is 9.64 Å². The van der Waals surface area contributed by atoms with Gasteiger partial charge in [-0.3, -0.25) is 4.98 Å². The summed E-state index contributed by atoms with van der Waals surface area (Å²) in [5.41, 5.74) is 2.30. The van der Waals surface area contributed by atoms with E-state index in [0.717, 1.165) is 36.8 Å². The highest BCUT2D eigenvalue weighted by Gasteiger charge is 2.30. The maximum Gasteiger partial charge on any atom is 0.150 e. The van der Waals surface area contributed by atoms with E-state index in [4.69, 9.17) is 4.74 Å². The molecule has 3 aromatic rings. The van der Waals surface area contributed by atoms with Gasteiger partial charge in [0.25, 0.3) is 0 Å². The minimum absolute atomic E-state index is 0.534. The Morgan fingerprint density at radius 3 is 3.09 bits per heavy atom. The van der Waals surface area contributed by atoms with Crippen LogP contribution in [0.3, 0.4) is 0 Å². The number of nitrogens with zero attached hydrogens (tertiary/aromatic N) is 4. The molecule has 1 fully saturated rings.